The Morgan fingerprint density at radius 2 is 2.39 bits per heavy atom. The number of aromatic nitrogens is 4. The second-order valence-corrected chi connectivity index (χ2v) is 3.59. The summed E-state index contributed by atoms with van der Waals surface area (Å²) in [6, 6.07) is 3.76. The maximum absolute atomic E-state index is 10.6. The minimum absolute atomic E-state index is 0.0674. The number of ether oxygens (including phenoxy) is 1. The molecule has 0 unspecified atom stereocenters. The number of rotatable bonds is 6. The number of pyridine rings is 1. The fourth-order valence-corrected chi connectivity index (χ4v) is 1.34. The lowest BCUT2D eigenvalue weighted by Crippen LogP contribution is -2.06. The third-order valence-corrected chi connectivity index (χ3v) is 2.21. The van der Waals surface area contributed by atoms with Gasteiger partial charge in [-0.15, -0.1) is 5.10 Å². The van der Waals surface area contributed by atoms with Crippen LogP contribution in [0.4, 0.5) is 0 Å². The Labute approximate surface area is 103 Å². The van der Waals surface area contributed by atoms with Gasteiger partial charge in [0, 0.05) is 12.4 Å². The van der Waals surface area contributed by atoms with Crippen molar-refractivity contribution < 1.29 is 14.6 Å². The molecule has 0 bridgehead atoms. The van der Waals surface area contributed by atoms with Crippen molar-refractivity contribution in [1.29, 1.82) is 0 Å². The number of hydrogen-bond donors (Lipinski definition) is 1. The zero-order valence-corrected chi connectivity index (χ0v) is 9.56. The van der Waals surface area contributed by atoms with Crippen molar-refractivity contribution in [3.63, 3.8) is 0 Å². The van der Waals surface area contributed by atoms with Crippen molar-refractivity contribution in [2.75, 3.05) is 6.61 Å². The predicted octanol–water partition coefficient (Wildman–Crippen LogP) is 0.588. The van der Waals surface area contributed by atoms with Crippen molar-refractivity contribution >= 4 is 5.97 Å². The minimum atomic E-state index is -1.09. The van der Waals surface area contributed by atoms with Crippen LogP contribution < -0.4 is 0 Å². The average Bonchev–Trinajstić information content (AvgIpc) is 2.85. The lowest BCUT2D eigenvalue weighted by Gasteiger charge is -2.03. The molecule has 18 heavy (non-hydrogen) atoms. The SMILES string of the molecule is O=C(O)c1cn(CCOCc2cccnc2)nn1. The highest BCUT2D eigenvalue weighted by Gasteiger charge is 2.07. The first-order chi connectivity index (χ1) is 8.75. The van der Waals surface area contributed by atoms with Crippen LogP contribution in [0.15, 0.2) is 30.7 Å². The molecule has 0 radical (unpaired) electrons. The van der Waals surface area contributed by atoms with Crippen molar-refractivity contribution in [3.05, 3.63) is 42.0 Å². The Bertz CT molecular complexity index is 512. The summed E-state index contributed by atoms with van der Waals surface area (Å²) in [5.74, 6) is -1.09. The van der Waals surface area contributed by atoms with Gasteiger partial charge in [0.2, 0.25) is 0 Å². The second kappa shape index (κ2) is 5.87. The van der Waals surface area contributed by atoms with Gasteiger partial charge in [0.25, 0.3) is 0 Å². The second-order valence-electron chi connectivity index (χ2n) is 3.59. The largest absolute Gasteiger partial charge is 0.476 e. The molecule has 0 spiro atoms. The summed E-state index contributed by atoms with van der Waals surface area (Å²) in [5.41, 5.74) is 0.921. The maximum Gasteiger partial charge on any atom is 0.358 e. The molecule has 0 aromatic carbocycles. The van der Waals surface area contributed by atoms with Crippen LogP contribution in [0.5, 0.6) is 0 Å². The predicted molar refractivity (Wildman–Crippen MR) is 60.9 cm³/mol. The fourth-order valence-electron chi connectivity index (χ4n) is 1.34. The molecule has 2 aromatic rings. The van der Waals surface area contributed by atoms with Crippen LogP contribution in [0.25, 0.3) is 0 Å². The van der Waals surface area contributed by atoms with Crippen molar-refractivity contribution in [1.82, 2.24) is 20.0 Å². The molecule has 2 heterocycles. The van der Waals surface area contributed by atoms with E-state index in [1.165, 1.54) is 10.9 Å². The molecular weight excluding hydrogens is 236 g/mol. The van der Waals surface area contributed by atoms with Crippen LogP contribution in [0, 0.1) is 0 Å². The normalized spacial score (nSPS) is 10.4. The Morgan fingerprint density at radius 1 is 1.50 bits per heavy atom. The number of hydrogen-bond acceptors (Lipinski definition) is 5. The molecule has 7 heteroatoms. The average molecular weight is 248 g/mol. The molecule has 0 saturated carbocycles. The van der Waals surface area contributed by atoms with E-state index in [-0.39, 0.29) is 5.69 Å². The van der Waals surface area contributed by atoms with Gasteiger partial charge < -0.3 is 9.84 Å². The van der Waals surface area contributed by atoms with Gasteiger partial charge in [-0.3, -0.25) is 4.98 Å². The van der Waals surface area contributed by atoms with E-state index in [0.29, 0.717) is 19.8 Å². The standard InChI is InChI=1S/C11H12N4O3/c16-11(17)10-7-15(14-13-10)4-5-18-8-9-2-1-3-12-6-9/h1-3,6-7H,4-5,8H2,(H,16,17). The first-order valence-electron chi connectivity index (χ1n) is 5.36. The van der Waals surface area contributed by atoms with Gasteiger partial charge in [-0.25, -0.2) is 9.48 Å². The Kier molecular flexibility index (Phi) is 3.98. The summed E-state index contributed by atoms with van der Waals surface area (Å²) in [6.07, 6.45) is 4.81. The van der Waals surface area contributed by atoms with E-state index in [0.717, 1.165) is 5.56 Å². The van der Waals surface area contributed by atoms with Crippen molar-refractivity contribution in [3.8, 4) is 0 Å². The molecule has 94 valence electrons. The van der Waals surface area contributed by atoms with Crippen molar-refractivity contribution in [2.24, 2.45) is 0 Å². The first kappa shape index (κ1) is 12.2. The van der Waals surface area contributed by atoms with Gasteiger partial charge in [-0.05, 0) is 11.6 Å². The van der Waals surface area contributed by atoms with E-state index in [1.807, 2.05) is 12.1 Å². The zero-order chi connectivity index (χ0) is 12.8. The highest BCUT2D eigenvalue weighted by atomic mass is 16.5. The topological polar surface area (TPSA) is 90.1 Å². The molecule has 7 nitrogen and oxygen atoms in total. The number of carbonyl (C=O) groups is 1. The summed E-state index contributed by atoms with van der Waals surface area (Å²) in [5, 5.41) is 15.8. The zero-order valence-electron chi connectivity index (χ0n) is 9.56. The lowest BCUT2D eigenvalue weighted by molar-refractivity contribution is 0.0690. The van der Waals surface area contributed by atoms with E-state index >= 15 is 0 Å². The molecule has 0 atom stereocenters. The highest BCUT2D eigenvalue weighted by Crippen LogP contribution is 1.98. The quantitative estimate of drug-likeness (QED) is 0.752. The first-order valence-corrected chi connectivity index (χ1v) is 5.36. The summed E-state index contributed by atoms with van der Waals surface area (Å²) in [4.78, 5) is 14.5. The van der Waals surface area contributed by atoms with E-state index in [4.69, 9.17) is 9.84 Å². The molecule has 0 aliphatic heterocycles. The van der Waals surface area contributed by atoms with Gasteiger partial charge in [0.1, 0.15) is 0 Å². The molecule has 0 aliphatic rings. The Hall–Kier alpha value is -2.28. The van der Waals surface area contributed by atoms with Gasteiger partial charge in [-0.1, -0.05) is 11.3 Å². The molecule has 0 aliphatic carbocycles. The third kappa shape index (κ3) is 3.36. The fraction of sp³-hybridized carbons (Fsp3) is 0.273. The van der Waals surface area contributed by atoms with Gasteiger partial charge in [0.15, 0.2) is 5.69 Å². The summed E-state index contributed by atoms with van der Waals surface area (Å²) in [6.45, 7) is 1.35. The monoisotopic (exact) mass is 248 g/mol. The molecule has 0 saturated heterocycles. The number of aromatic carboxylic acids is 1. The van der Waals surface area contributed by atoms with E-state index in [9.17, 15) is 4.79 Å². The van der Waals surface area contributed by atoms with Crippen LogP contribution in [0.3, 0.4) is 0 Å². The maximum atomic E-state index is 10.6. The summed E-state index contributed by atoms with van der Waals surface area (Å²) >= 11 is 0. The summed E-state index contributed by atoms with van der Waals surface area (Å²) < 4.78 is 6.85. The van der Waals surface area contributed by atoms with Gasteiger partial charge in [0.05, 0.1) is 26.0 Å². The lowest BCUT2D eigenvalue weighted by atomic mass is 10.3. The number of carboxylic acids is 1. The van der Waals surface area contributed by atoms with Gasteiger partial charge >= 0.3 is 5.97 Å². The van der Waals surface area contributed by atoms with Crippen LogP contribution in [0.2, 0.25) is 0 Å². The van der Waals surface area contributed by atoms with E-state index < -0.39 is 5.97 Å². The third-order valence-electron chi connectivity index (χ3n) is 2.21. The molecule has 2 aromatic heterocycles. The van der Waals surface area contributed by atoms with Crippen molar-refractivity contribution in [2.45, 2.75) is 13.2 Å². The van der Waals surface area contributed by atoms with Crippen LogP contribution in [-0.2, 0) is 17.9 Å². The molecule has 0 amide bonds. The smallest absolute Gasteiger partial charge is 0.358 e. The van der Waals surface area contributed by atoms with Crippen LogP contribution >= 0.6 is 0 Å². The molecular formula is C11H12N4O3. The number of carboxylic acid groups (broad SMARTS) is 1. The number of nitrogens with zero attached hydrogens (tertiary/aromatic N) is 4. The van der Waals surface area contributed by atoms with Crippen LogP contribution in [-0.4, -0.2) is 37.7 Å². The van der Waals surface area contributed by atoms with Crippen LogP contribution in [0.1, 0.15) is 16.1 Å². The Morgan fingerprint density at radius 3 is 3.06 bits per heavy atom. The van der Waals surface area contributed by atoms with E-state index in [2.05, 4.69) is 15.3 Å². The molecule has 1 N–H and O–H groups in total. The highest BCUT2D eigenvalue weighted by molar-refractivity contribution is 5.84. The summed E-state index contributed by atoms with van der Waals surface area (Å²) in [7, 11) is 0. The van der Waals surface area contributed by atoms with Gasteiger partial charge in [-0.2, -0.15) is 0 Å². The molecule has 2 rings (SSSR count). The minimum Gasteiger partial charge on any atom is -0.476 e. The Balaban J connectivity index is 1.73. The van der Waals surface area contributed by atoms with E-state index in [1.54, 1.807) is 12.4 Å². The molecule has 0 fully saturated rings.